The third-order valence-corrected chi connectivity index (χ3v) is 9.52. The van der Waals surface area contributed by atoms with Crippen molar-refractivity contribution in [2.24, 2.45) is 0 Å². The van der Waals surface area contributed by atoms with Crippen molar-refractivity contribution in [3.63, 3.8) is 0 Å². The van der Waals surface area contributed by atoms with Crippen molar-refractivity contribution in [1.29, 1.82) is 0 Å². The number of hydrogen-bond acceptors (Lipinski definition) is 3. The van der Waals surface area contributed by atoms with E-state index < -0.39 is 0 Å². The molecule has 0 aliphatic rings. The van der Waals surface area contributed by atoms with Crippen LogP contribution in [0.3, 0.4) is 0 Å². The van der Waals surface area contributed by atoms with Crippen LogP contribution < -0.4 is 0 Å². The van der Waals surface area contributed by atoms with Gasteiger partial charge in [0.15, 0.2) is 0 Å². The van der Waals surface area contributed by atoms with E-state index in [1.54, 1.807) is 0 Å². The van der Waals surface area contributed by atoms with E-state index in [4.69, 9.17) is 9.47 Å². The van der Waals surface area contributed by atoms with Crippen LogP contribution in [0.1, 0.15) is 219 Å². The highest BCUT2D eigenvalue weighted by Gasteiger charge is 2.00. The molecule has 0 aromatic rings. The Balaban J connectivity index is 3.13. The molecule has 0 heterocycles. The first kappa shape index (κ1) is 43.9. The fraction of sp³-hybridized carbons (Fsp3) is 1.00. The third kappa shape index (κ3) is 39.9. The van der Waals surface area contributed by atoms with Gasteiger partial charge in [0.25, 0.3) is 0 Å². The fourth-order valence-electron chi connectivity index (χ4n) is 6.26. The maximum Gasteiger partial charge on any atom is 0.0593 e. The van der Waals surface area contributed by atoms with E-state index in [1.807, 2.05) is 0 Å². The largest absolute Gasteiger partial charge is 0.380 e. The average Bonchev–Trinajstić information content (AvgIpc) is 3.03. The van der Waals surface area contributed by atoms with Crippen LogP contribution in [0.4, 0.5) is 0 Å². The Morgan fingerprint density at radius 2 is 0.477 bits per heavy atom. The van der Waals surface area contributed by atoms with E-state index in [-0.39, 0.29) is 0 Å². The van der Waals surface area contributed by atoms with Crippen molar-refractivity contribution in [3.05, 3.63) is 0 Å². The molecule has 0 fully saturated rings. The van der Waals surface area contributed by atoms with Gasteiger partial charge < -0.3 is 14.4 Å². The monoisotopic (exact) mass is 624 g/mol. The highest BCUT2D eigenvalue weighted by atomic mass is 16.5. The van der Waals surface area contributed by atoms with Gasteiger partial charge in [-0.3, -0.25) is 0 Å². The molecule has 3 heteroatoms. The summed E-state index contributed by atoms with van der Waals surface area (Å²) in [6.45, 7) is 10.2. The van der Waals surface area contributed by atoms with Crippen LogP contribution in [0, 0.1) is 0 Å². The normalized spacial score (nSPS) is 11.7. The maximum atomic E-state index is 5.88. The second-order valence-electron chi connectivity index (χ2n) is 14.1. The van der Waals surface area contributed by atoms with Gasteiger partial charge in [-0.25, -0.2) is 0 Å². The summed E-state index contributed by atoms with van der Waals surface area (Å²) in [5.74, 6) is 0. The first-order chi connectivity index (χ1) is 21.8. The minimum atomic E-state index is 0.856. The molecule has 0 aromatic carbocycles. The Hall–Kier alpha value is -0.120. The Morgan fingerprint density at radius 1 is 0.273 bits per heavy atom. The molecule has 0 unspecified atom stereocenters. The quantitative estimate of drug-likeness (QED) is 0.0634. The van der Waals surface area contributed by atoms with Crippen LogP contribution >= 0.6 is 0 Å². The molecule has 0 spiro atoms. The predicted octanol–water partition coefficient (Wildman–Crippen LogP) is 13.5. The number of rotatable bonds is 40. The van der Waals surface area contributed by atoms with Crippen LogP contribution in [0.25, 0.3) is 0 Å². The molecule has 0 N–H and O–H groups in total. The van der Waals surface area contributed by atoms with E-state index in [0.29, 0.717) is 0 Å². The van der Waals surface area contributed by atoms with Gasteiger partial charge in [0.1, 0.15) is 0 Å². The summed E-state index contributed by atoms with van der Waals surface area (Å²) in [4.78, 5) is 2.35. The topological polar surface area (TPSA) is 21.7 Å². The second kappa shape index (κ2) is 40.9. The standard InChI is InChI=1S/C41H85NO2/c1-4-6-8-10-12-14-16-18-20-22-24-26-28-30-32-34-38-43-40-36-42(3)37-41-44-39-35-33-31-29-27-25-23-21-19-17-15-13-11-9-7-5-2/h4-41H2,1-3H3. The molecule has 0 bridgehead atoms. The summed E-state index contributed by atoms with van der Waals surface area (Å²) in [6.07, 6.45) is 45.5. The number of ether oxygens (including phenoxy) is 2. The fourth-order valence-corrected chi connectivity index (χ4v) is 6.26. The van der Waals surface area contributed by atoms with Crippen LogP contribution in [-0.2, 0) is 9.47 Å². The van der Waals surface area contributed by atoms with E-state index in [0.717, 1.165) is 39.5 Å². The number of unbranched alkanes of at least 4 members (excludes halogenated alkanes) is 30. The molecule has 266 valence electrons. The summed E-state index contributed by atoms with van der Waals surface area (Å²) in [6, 6.07) is 0. The zero-order valence-electron chi connectivity index (χ0n) is 31.1. The zero-order chi connectivity index (χ0) is 31.9. The Morgan fingerprint density at radius 3 is 0.705 bits per heavy atom. The third-order valence-electron chi connectivity index (χ3n) is 9.52. The molecule has 3 nitrogen and oxygen atoms in total. The van der Waals surface area contributed by atoms with E-state index in [2.05, 4.69) is 25.8 Å². The van der Waals surface area contributed by atoms with Gasteiger partial charge in [-0.05, 0) is 19.9 Å². The van der Waals surface area contributed by atoms with Crippen molar-refractivity contribution in [3.8, 4) is 0 Å². The lowest BCUT2D eigenvalue weighted by atomic mass is 10.0. The average molecular weight is 624 g/mol. The SMILES string of the molecule is CCCCCCCCCCCCCCCCCCOCCN(C)CCOCCCCCCCCCCCCCCCCCC. The van der Waals surface area contributed by atoms with Gasteiger partial charge in [-0.15, -0.1) is 0 Å². The molecule has 0 saturated carbocycles. The lowest BCUT2D eigenvalue weighted by Crippen LogP contribution is -2.27. The molecular weight excluding hydrogens is 538 g/mol. The molecule has 0 aliphatic carbocycles. The van der Waals surface area contributed by atoms with Gasteiger partial charge in [0.2, 0.25) is 0 Å². The van der Waals surface area contributed by atoms with Crippen molar-refractivity contribution >= 4 is 0 Å². The minimum absolute atomic E-state index is 0.856. The molecule has 0 amide bonds. The van der Waals surface area contributed by atoms with E-state index in [1.165, 1.54) is 205 Å². The highest BCUT2D eigenvalue weighted by Crippen LogP contribution is 2.15. The van der Waals surface area contributed by atoms with Gasteiger partial charge in [-0.2, -0.15) is 0 Å². The highest BCUT2D eigenvalue weighted by molar-refractivity contribution is 4.53. The Labute approximate surface area is 279 Å². The Kier molecular flexibility index (Phi) is 40.8. The van der Waals surface area contributed by atoms with Gasteiger partial charge in [0, 0.05) is 26.3 Å². The summed E-state index contributed by atoms with van der Waals surface area (Å²) in [5.41, 5.74) is 0. The molecule has 0 rings (SSSR count). The van der Waals surface area contributed by atoms with Crippen molar-refractivity contribution in [2.75, 3.05) is 46.6 Å². The number of hydrogen-bond donors (Lipinski definition) is 0. The van der Waals surface area contributed by atoms with Crippen LogP contribution in [0.2, 0.25) is 0 Å². The molecule has 44 heavy (non-hydrogen) atoms. The lowest BCUT2D eigenvalue weighted by Gasteiger charge is -2.16. The second-order valence-corrected chi connectivity index (χ2v) is 14.1. The van der Waals surface area contributed by atoms with Crippen molar-refractivity contribution in [1.82, 2.24) is 4.90 Å². The molecular formula is C41H85NO2. The molecule has 0 atom stereocenters. The maximum absolute atomic E-state index is 5.88. The lowest BCUT2D eigenvalue weighted by molar-refractivity contribution is 0.0814. The number of nitrogens with zero attached hydrogens (tertiary/aromatic N) is 1. The summed E-state index contributed by atoms with van der Waals surface area (Å²) in [5, 5.41) is 0. The smallest absolute Gasteiger partial charge is 0.0593 e. The molecule has 0 saturated heterocycles. The number of likely N-dealkylation sites (N-methyl/N-ethyl adjacent to an activating group) is 1. The predicted molar refractivity (Wildman–Crippen MR) is 198 cm³/mol. The van der Waals surface area contributed by atoms with Crippen molar-refractivity contribution in [2.45, 2.75) is 219 Å². The van der Waals surface area contributed by atoms with Gasteiger partial charge >= 0.3 is 0 Å². The first-order valence-corrected chi connectivity index (χ1v) is 20.6. The van der Waals surface area contributed by atoms with Crippen LogP contribution in [0.15, 0.2) is 0 Å². The summed E-state index contributed by atoms with van der Waals surface area (Å²) < 4.78 is 11.8. The minimum Gasteiger partial charge on any atom is -0.380 e. The van der Waals surface area contributed by atoms with Gasteiger partial charge in [-0.1, -0.05) is 206 Å². The zero-order valence-corrected chi connectivity index (χ0v) is 31.1. The summed E-state index contributed by atoms with van der Waals surface area (Å²) in [7, 11) is 2.19. The first-order valence-electron chi connectivity index (χ1n) is 20.6. The molecule has 0 aliphatic heterocycles. The van der Waals surface area contributed by atoms with E-state index in [9.17, 15) is 0 Å². The molecule has 0 aromatic heterocycles. The van der Waals surface area contributed by atoms with Crippen LogP contribution in [0.5, 0.6) is 0 Å². The van der Waals surface area contributed by atoms with E-state index >= 15 is 0 Å². The van der Waals surface area contributed by atoms with Crippen LogP contribution in [-0.4, -0.2) is 51.5 Å². The van der Waals surface area contributed by atoms with Crippen molar-refractivity contribution < 1.29 is 9.47 Å². The molecule has 0 radical (unpaired) electrons. The Bertz CT molecular complexity index is 443. The summed E-state index contributed by atoms with van der Waals surface area (Å²) >= 11 is 0. The van der Waals surface area contributed by atoms with Gasteiger partial charge in [0.05, 0.1) is 13.2 Å².